The Kier molecular flexibility index (Phi) is 10.3. The lowest BCUT2D eigenvalue weighted by Gasteiger charge is -2.52. The van der Waals surface area contributed by atoms with Crippen molar-refractivity contribution in [3.05, 3.63) is 0 Å². The molecule has 2 saturated heterocycles. The minimum atomic E-state index is 0.425. The average molecular weight is 648 g/mol. The number of nitrogens with one attached hydrogen (secondary N) is 3. The minimum absolute atomic E-state index is 0.425. The van der Waals surface area contributed by atoms with Crippen LogP contribution in [0.3, 0.4) is 0 Å². The summed E-state index contributed by atoms with van der Waals surface area (Å²) in [6, 6.07) is 0. The fraction of sp³-hybridized carbons (Fsp3) is 1.00. The minimum Gasteiger partial charge on any atom is -0.374 e. The van der Waals surface area contributed by atoms with Crippen LogP contribution in [0.2, 0.25) is 0 Å². The van der Waals surface area contributed by atoms with Crippen molar-refractivity contribution in [2.45, 2.75) is 204 Å². The van der Waals surface area contributed by atoms with Gasteiger partial charge in [-0.1, -0.05) is 103 Å². The van der Waals surface area contributed by atoms with Crippen LogP contribution in [-0.4, -0.2) is 30.7 Å². The molecule has 4 nitrogen and oxygen atoms in total. The van der Waals surface area contributed by atoms with E-state index in [0.29, 0.717) is 36.6 Å². The van der Waals surface area contributed by atoms with Gasteiger partial charge in [0, 0.05) is 5.92 Å². The molecule has 9 fully saturated rings. The van der Waals surface area contributed by atoms with E-state index < -0.39 is 0 Å². The molecule has 0 radical (unpaired) electrons. The molecule has 0 aromatic carbocycles. The lowest BCUT2D eigenvalue weighted by atomic mass is 9.53. The van der Waals surface area contributed by atoms with E-state index >= 15 is 0 Å². The molecular formula is C43H73N3O. The first-order valence-corrected chi connectivity index (χ1v) is 22.2. The highest BCUT2D eigenvalue weighted by atomic mass is 16.5. The molecule has 0 aromatic heterocycles. The van der Waals surface area contributed by atoms with E-state index in [1.165, 1.54) is 167 Å². The van der Waals surface area contributed by atoms with Gasteiger partial charge in [-0.2, -0.15) is 0 Å². The third kappa shape index (κ3) is 6.68. The van der Waals surface area contributed by atoms with E-state index in [1.807, 2.05) is 0 Å². The van der Waals surface area contributed by atoms with Gasteiger partial charge in [0.1, 0.15) is 0 Å². The molecule has 3 N–H and O–H groups in total. The predicted octanol–water partition coefficient (Wildman–Crippen LogP) is 9.92. The maximum absolute atomic E-state index is 7.55. The molecule has 7 saturated carbocycles. The molecule has 2 heterocycles. The van der Waals surface area contributed by atoms with Gasteiger partial charge in [-0.3, -0.25) is 16.0 Å². The monoisotopic (exact) mass is 648 g/mol. The van der Waals surface area contributed by atoms with Crippen molar-refractivity contribution < 1.29 is 4.74 Å². The maximum Gasteiger partial charge on any atom is 0.0666 e. The summed E-state index contributed by atoms with van der Waals surface area (Å²) >= 11 is 0. The largest absolute Gasteiger partial charge is 0.374 e. The summed E-state index contributed by atoms with van der Waals surface area (Å²) in [6.07, 6.45) is 42.3. The Balaban J connectivity index is 0.923. The highest BCUT2D eigenvalue weighted by molar-refractivity contribution is 5.08. The molecule has 2 aliphatic heterocycles. The number of hydrogen-bond acceptors (Lipinski definition) is 4. The molecule has 0 bridgehead atoms. The summed E-state index contributed by atoms with van der Waals surface area (Å²) in [7, 11) is 0. The molecule has 11 unspecified atom stereocenters. The van der Waals surface area contributed by atoms with Gasteiger partial charge in [-0.25, -0.2) is 0 Å². The van der Waals surface area contributed by atoms with E-state index in [9.17, 15) is 0 Å². The molecule has 0 aromatic rings. The van der Waals surface area contributed by atoms with E-state index in [2.05, 4.69) is 16.0 Å². The van der Waals surface area contributed by atoms with Crippen molar-refractivity contribution in [3.63, 3.8) is 0 Å². The topological polar surface area (TPSA) is 45.3 Å². The quantitative estimate of drug-likeness (QED) is 0.278. The summed E-state index contributed by atoms with van der Waals surface area (Å²) in [5.41, 5.74) is 0. The zero-order valence-corrected chi connectivity index (χ0v) is 30.2. The van der Waals surface area contributed by atoms with E-state index in [4.69, 9.17) is 4.74 Å². The van der Waals surface area contributed by atoms with Gasteiger partial charge >= 0.3 is 0 Å². The van der Waals surface area contributed by atoms with Crippen molar-refractivity contribution >= 4 is 0 Å². The first kappa shape index (κ1) is 32.7. The van der Waals surface area contributed by atoms with Crippen LogP contribution in [0.4, 0.5) is 0 Å². The summed E-state index contributed by atoms with van der Waals surface area (Å²) in [5, 5.41) is 13.0. The molecule has 9 rings (SSSR count). The van der Waals surface area contributed by atoms with Crippen molar-refractivity contribution in [1.82, 2.24) is 16.0 Å². The molecule has 7 aliphatic carbocycles. The Hall–Kier alpha value is -0.160. The van der Waals surface area contributed by atoms with Crippen LogP contribution in [-0.2, 0) is 4.74 Å². The Bertz CT molecular complexity index is 993. The highest BCUT2D eigenvalue weighted by Crippen LogP contribution is 2.60. The Morgan fingerprint density at radius 2 is 0.787 bits per heavy atom. The van der Waals surface area contributed by atoms with Crippen LogP contribution in [0.5, 0.6) is 0 Å². The fourth-order valence-electron chi connectivity index (χ4n) is 14.9. The van der Waals surface area contributed by atoms with Gasteiger partial charge in [-0.05, 0) is 130 Å². The number of ether oxygens (including phenoxy) is 1. The number of hydrogen-bond donors (Lipinski definition) is 3. The molecular weight excluding hydrogens is 574 g/mol. The second kappa shape index (κ2) is 14.8. The molecule has 47 heavy (non-hydrogen) atoms. The average Bonchev–Trinajstić information content (AvgIpc) is 3.54. The first-order valence-electron chi connectivity index (χ1n) is 22.2. The van der Waals surface area contributed by atoms with Crippen LogP contribution in [0.1, 0.15) is 173 Å². The molecule has 0 spiro atoms. The van der Waals surface area contributed by atoms with Gasteiger partial charge in [0.05, 0.1) is 30.7 Å². The first-order chi connectivity index (χ1) is 23.3. The van der Waals surface area contributed by atoms with Gasteiger partial charge in [0.15, 0.2) is 0 Å². The molecule has 0 amide bonds. The van der Waals surface area contributed by atoms with Gasteiger partial charge in [0.25, 0.3) is 0 Å². The van der Waals surface area contributed by atoms with Crippen molar-refractivity contribution in [3.8, 4) is 0 Å². The SMILES string of the molecule is C1CCC(C2CCC(C3NC(C4CCCCC4)NC(C4CCCC5C4OC4CC(C6CCCCC6)C6CCCCC6C45)N3)CC2)CC1. The lowest BCUT2D eigenvalue weighted by Crippen LogP contribution is -2.73. The Labute approximate surface area is 289 Å². The molecule has 266 valence electrons. The summed E-state index contributed by atoms with van der Waals surface area (Å²) in [6.45, 7) is 0. The third-order valence-corrected chi connectivity index (χ3v) is 17.1. The maximum atomic E-state index is 7.55. The second-order valence-corrected chi connectivity index (χ2v) is 19.3. The van der Waals surface area contributed by atoms with E-state index in [1.54, 1.807) is 6.42 Å². The van der Waals surface area contributed by atoms with Crippen molar-refractivity contribution in [1.29, 1.82) is 0 Å². The van der Waals surface area contributed by atoms with Crippen LogP contribution in [0, 0.1) is 65.1 Å². The summed E-state index contributed by atoms with van der Waals surface area (Å²) in [5.74, 6) is 9.99. The van der Waals surface area contributed by atoms with Crippen LogP contribution >= 0.6 is 0 Å². The van der Waals surface area contributed by atoms with Crippen molar-refractivity contribution in [2.75, 3.05) is 0 Å². The summed E-state index contributed by atoms with van der Waals surface area (Å²) in [4.78, 5) is 0. The van der Waals surface area contributed by atoms with E-state index in [-0.39, 0.29) is 0 Å². The third-order valence-electron chi connectivity index (χ3n) is 17.1. The lowest BCUT2D eigenvalue weighted by molar-refractivity contribution is -0.0821. The normalized spacial score (nSPS) is 49.1. The number of fused-ring (bicyclic) bond motifs is 5. The predicted molar refractivity (Wildman–Crippen MR) is 192 cm³/mol. The standard InChI is InChI=1S/C43H73N3O/c1-4-13-28(14-5-1)29-23-25-32(26-24-29)42-44-41(31-17-8-3-9-18-31)45-43(46-42)36-22-12-21-35-39-34-20-11-10-19-33(34)37(27-38(39)47-40(35)36)30-15-6-2-7-16-30/h28-46H,1-27H2. The van der Waals surface area contributed by atoms with Gasteiger partial charge in [-0.15, -0.1) is 0 Å². The van der Waals surface area contributed by atoms with Crippen molar-refractivity contribution in [2.24, 2.45) is 65.1 Å². The molecule has 9 aliphatic rings. The van der Waals surface area contributed by atoms with E-state index in [0.717, 1.165) is 59.2 Å². The van der Waals surface area contributed by atoms with Crippen LogP contribution < -0.4 is 16.0 Å². The number of rotatable bonds is 5. The summed E-state index contributed by atoms with van der Waals surface area (Å²) < 4.78 is 7.55. The van der Waals surface area contributed by atoms with Gasteiger partial charge < -0.3 is 4.74 Å². The molecule has 11 atom stereocenters. The van der Waals surface area contributed by atoms with Crippen LogP contribution in [0.15, 0.2) is 0 Å². The fourth-order valence-corrected chi connectivity index (χ4v) is 14.9. The Morgan fingerprint density at radius 3 is 1.47 bits per heavy atom. The smallest absolute Gasteiger partial charge is 0.0666 e. The zero-order chi connectivity index (χ0) is 31.2. The van der Waals surface area contributed by atoms with Crippen LogP contribution in [0.25, 0.3) is 0 Å². The molecule has 4 heteroatoms. The highest BCUT2D eigenvalue weighted by Gasteiger charge is 2.59. The zero-order valence-electron chi connectivity index (χ0n) is 30.2. The Morgan fingerprint density at radius 1 is 0.319 bits per heavy atom. The second-order valence-electron chi connectivity index (χ2n) is 19.3. The van der Waals surface area contributed by atoms with Gasteiger partial charge in [0.2, 0.25) is 0 Å².